The van der Waals surface area contributed by atoms with Gasteiger partial charge >= 0.3 is 0 Å². The van der Waals surface area contributed by atoms with Gasteiger partial charge < -0.3 is 15.4 Å². The molecular weight excluding hydrogens is 220 g/mol. The Bertz CT molecular complexity index is 280. The van der Waals surface area contributed by atoms with Crippen LogP contribution in [0, 0.1) is 13.8 Å². The largest absolute Gasteiger partial charge is 0.383 e. The number of methoxy groups -OCH3 is 1. The average Bonchev–Trinajstić information content (AvgIpc) is 2.57. The van der Waals surface area contributed by atoms with Gasteiger partial charge in [0, 0.05) is 43.0 Å². The van der Waals surface area contributed by atoms with Crippen LogP contribution in [0.4, 0.5) is 0 Å². The lowest BCUT2D eigenvalue weighted by Crippen LogP contribution is -2.28. The maximum Gasteiger partial charge on any atom is 0.0587 e. The molecule has 1 heterocycles. The van der Waals surface area contributed by atoms with Gasteiger partial charge in [0.25, 0.3) is 0 Å². The minimum atomic E-state index is 0.781. The van der Waals surface area contributed by atoms with E-state index in [2.05, 4.69) is 30.5 Å². The molecule has 1 aromatic heterocycles. The zero-order chi connectivity index (χ0) is 11.8. The molecular formula is C12H22N2OS. The highest BCUT2D eigenvalue weighted by molar-refractivity contribution is 7.12. The van der Waals surface area contributed by atoms with Gasteiger partial charge in [0.2, 0.25) is 0 Å². The standard InChI is InChI=1S/C12H22N2OS/c1-10-8-12(16-11(10)2)9-14-5-4-13-6-7-15-3/h8,13-14H,4-7,9H2,1-3H3. The Morgan fingerprint density at radius 2 is 1.94 bits per heavy atom. The molecule has 0 bridgehead atoms. The number of rotatable bonds is 8. The van der Waals surface area contributed by atoms with Crippen molar-refractivity contribution in [3.05, 3.63) is 21.4 Å². The Balaban J connectivity index is 2.03. The molecule has 0 fully saturated rings. The normalized spacial score (nSPS) is 10.9. The molecule has 0 aromatic carbocycles. The van der Waals surface area contributed by atoms with Crippen LogP contribution in [0.1, 0.15) is 15.3 Å². The molecule has 0 atom stereocenters. The number of aryl methyl sites for hydroxylation is 2. The minimum Gasteiger partial charge on any atom is -0.383 e. The fourth-order valence-electron chi connectivity index (χ4n) is 1.42. The van der Waals surface area contributed by atoms with Crippen molar-refractivity contribution >= 4 is 11.3 Å². The molecule has 3 nitrogen and oxygen atoms in total. The number of hydrogen-bond donors (Lipinski definition) is 2. The van der Waals surface area contributed by atoms with Crippen molar-refractivity contribution < 1.29 is 4.74 Å². The highest BCUT2D eigenvalue weighted by Crippen LogP contribution is 2.19. The first-order chi connectivity index (χ1) is 7.74. The van der Waals surface area contributed by atoms with Gasteiger partial charge in [-0.15, -0.1) is 11.3 Å². The fraction of sp³-hybridized carbons (Fsp3) is 0.667. The molecule has 1 aromatic rings. The average molecular weight is 242 g/mol. The van der Waals surface area contributed by atoms with Gasteiger partial charge in [-0.05, 0) is 25.5 Å². The van der Waals surface area contributed by atoms with E-state index in [9.17, 15) is 0 Å². The third-order valence-corrected chi connectivity index (χ3v) is 3.63. The van der Waals surface area contributed by atoms with Crippen LogP contribution in [-0.2, 0) is 11.3 Å². The van der Waals surface area contributed by atoms with Crippen molar-refractivity contribution in [2.45, 2.75) is 20.4 Å². The summed E-state index contributed by atoms with van der Waals surface area (Å²) in [7, 11) is 1.72. The Morgan fingerprint density at radius 1 is 1.19 bits per heavy atom. The highest BCUT2D eigenvalue weighted by atomic mass is 32.1. The van der Waals surface area contributed by atoms with Gasteiger partial charge in [-0.2, -0.15) is 0 Å². The second kappa shape index (κ2) is 7.79. The van der Waals surface area contributed by atoms with Crippen molar-refractivity contribution in [3.63, 3.8) is 0 Å². The molecule has 0 aliphatic rings. The quantitative estimate of drug-likeness (QED) is 0.681. The molecule has 16 heavy (non-hydrogen) atoms. The lowest BCUT2D eigenvalue weighted by Gasteiger charge is -2.04. The Labute approximate surface area is 102 Å². The van der Waals surface area contributed by atoms with Gasteiger partial charge in [0.05, 0.1) is 6.61 Å². The SMILES string of the molecule is COCCNCCNCc1cc(C)c(C)s1. The van der Waals surface area contributed by atoms with Gasteiger partial charge in [-0.1, -0.05) is 0 Å². The van der Waals surface area contributed by atoms with Gasteiger partial charge in [0.15, 0.2) is 0 Å². The second-order valence-corrected chi connectivity index (χ2v) is 5.21. The van der Waals surface area contributed by atoms with E-state index in [1.807, 2.05) is 11.3 Å². The van der Waals surface area contributed by atoms with E-state index in [0.29, 0.717) is 0 Å². The molecule has 0 spiro atoms. The van der Waals surface area contributed by atoms with Crippen molar-refractivity contribution in [1.29, 1.82) is 0 Å². The predicted octanol–water partition coefficient (Wildman–Crippen LogP) is 1.69. The third kappa shape index (κ3) is 5.07. The maximum absolute atomic E-state index is 4.95. The van der Waals surface area contributed by atoms with Crippen LogP contribution in [0.2, 0.25) is 0 Å². The van der Waals surface area contributed by atoms with Crippen LogP contribution in [0.25, 0.3) is 0 Å². The van der Waals surface area contributed by atoms with Crippen LogP contribution in [0.3, 0.4) is 0 Å². The molecule has 0 amide bonds. The monoisotopic (exact) mass is 242 g/mol. The zero-order valence-corrected chi connectivity index (χ0v) is 11.2. The van der Waals surface area contributed by atoms with Gasteiger partial charge in [0.1, 0.15) is 0 Å². The Hall–Kier alpha value is -0.420. The molecule has 2 N–H and O–H groups in total. The lowest BCUT2D eigenvalue weighted by atomic mass is 10.3. The minimum absolute atomic E-state index is 0.781. The van der Waals surface area contributed by atoms with Crippen LogP contribution >= 0.6 is 11.3 Å². The van der Waals surface area contributed by atoms with E-state index in [4.69, 9.17) is 4.74 Å². The summed E-state index contributed by atoms with van der Waals surface area (Å²) < 4.78 is 4.95. The van der Waals surface area contributed by atoms with Crippen molar-refractivity contribution in [3.8, 4) is 0 Å². The van der Waals surface area contributed by atoms with E-state index in [1.54, 1.807) is 7.11 Å². The zero-order valence-electron chi connectivity index (χ0n) is 10.4. The summed E-state index contributed by atoms with van der Waals surface area (Å²) in [6, 6.07) is 2.27. The summed E-state index contributed by atoms with van der Waals surface area (Å²) in [5, 5.41) is 6.73. The lowest BCUT2D eigenvalue weighted by molar-refractivity contribution is 0.199. The van der Waals surface area contributed by atoms with Gasteiger partial charge in [-0.3, -0.25) is 0 Å². The van der Waals surface area contributed by atoms with Crippen molar-refractivity contribution in [2.24, 2.45) is 0 Å². The highest BCUT2D eigenvalue weighted by Gasteiger charge is 2.00. The fourth-order valence-corrected chi connectivity index (χ4v) is 2.45. The molecule has 0 saturated heterocycles. The van der Waals surface area contributed by atoms with E-state index in [-0.39, 0.29) is 0 Å². The molecule has 0 aliphatic carbocycles. The van der Waals surface area contributed by atoms with E-state index in [1.165, 1.54) is 15.3 Å². The topological polar surface area (TPSA) is 33.3 Å². The van der Waals surface area contributed by atoms with Crippen LogP contribution in [-0.4, -0.2) is 33.4 Å². The molecule has 4 heteroatoms. The first kappa shape index (κ1) is 13.6. The summed E-state index contributed by atoms with van der Waals surface area (Å²) in [5.74, 6) is 0. The van der Waals surface area contributed by atoms with Crippen LogP contribution < -0.4 is 10.6 Å². The number of thiophene rings is 1. The maximum atomic E-state index is 4.95. The Morgan fingerprint density at radius 3 is 2.56 bits per heavy atom. The summed E-state index contributed by atoms with van der Waals surface area (Å²) in [6.45, 7) is 9.02. The van der Waals surface area contributed by atoms with E-state index < -0.39 is 0 Å². The molecule has 0 unspecified atom stereocenters. The molecule has 1 rings (SSSR count). The van der Waals surface area contributed by atoms with E-state index in [0.717, 1.165) is 32.8 Å². The second-order valence-electron chi connectivity index (χ2n) is 3.87. The molecule has 0 aliphatic heterocycles. The van der Waals surface area contributed by atoms with Gasteiger partial charge in [-0.25, -0.2) is 0 Å². The number of nitrogens with one attached hydrogen (secondary N) is 2. The van der Waals surface area contributed by atoms with Crippen molar-refractivity contribution in [2.75, 3.05) is 33.4 Å². The van der Waals surface area contributed by atoms with Crippen LogP contribution in [0.5, 0.6) is 0 Å². The summed E-state index contributed by atoms with van der Waals surface area (Å²) in [4.78, 5) is 2.85. The summed E-state index contributed by atoms with van der Waals surface area (Å²) in [5.41, 5.74) is 1.40. The first-order valence-corrected chi connectivity index (χ1v) is 6.52. The number of hydrogen-bond acceptors (Lipinski definition) is 4. The molecule has 0 radical (unpaired) electrons. The molecule has 0 saturated carbocycles. The predicted molar refractivity (Wildman–Crippen MR) is 70.2 cm³/mol. The first-order valence-electron chi connectivity index (χ1n) is 5.70. The van der Waals surface area contributed by atoms with Crippen LogP contribution in [0.15, 0.2) is 6.07 Å². The summed E-state index contributed by atoms with van der Waals surface area (Å²) in [6.07, 6.45) is 0. The third-order valence-electron chi connectivity index (χ3n) is 2.48. The Kier molecular flexibility index (Phi) is 6.64. The summed E-state index contributed by atoms with van der Waals surface area (Å²) >= 11 is 1.88. The smallest absolute Gasteiger partial charge is 0.0587 e. The number of ether oxygens (including phenoxy) is 1. The van der Waals surface area contributed by atoms with E-state index >= 15 is 0 Å². The molecule has 92 valence electrons. The van der Waals surface area contributed by atoms with Crippen molar-refractivity contribution in [1.82, 2.24) is 10.6 Å².